The molecule has 0 saturated heterocycles. The fraction of sp³-hybridized carbons (Fsp3) is 0.0526. The summed E-state index contributed by atoms with van der Waals surface area (Å²) in [7, 11) is -0.413. The van der Waals surface area contributed by atoms with Crippen LogP contribution in [0.3, 0.4) is 0 Å². The van der Waals surface area contributed by atoms with Gasteiger partial charge < -0.3 is 0 Å². The molecule has 0 aliphatic carbocycles. The molecule has 6 rings (SSSR count). The van der Waals surface area contributed by atoms with Gasteiger partial charge in [-0.3, -0.25) is 0 Å². The summed E-state index contributed by atoms with van der Waals surface area (Å²) < 4.78 is 0. The summed E-state index contributed by atoms with van der Waals surface area (Å²) in [6.07, 6.45) is 0.915. The van der Waals surface area contributed by atoms with E-state index in [1.165, 1.54) is 48.7 Å². The van der Waals surface area contributed by atoms with Crippen LogP contribution in [0.1, 0.15) is 33.7 Å². The zero-order valence-electron chi connectivity index (χ0n) is 22.2. The van der Waals surface area contributed by atoms with Gasteiger partial charge in [-0.2, -0.15) is 0 Å². The molecule has 0 aliphatic rings. The molecule has 6 aromatic rings. The molecule has 6 aromatic carbocycles. The maximum absolute atomic E-state index is 6.04. The van der Waals surface area contributed by atoms with Crippen LogP contribution in [0.25, 0.3) is 11.1 Å². The van der Waals surface area contributed by atoms with Crippen molar-refractivity contribution in [3.63, 3.8) is 0 Å². The lowest BCUT2D eigenvalue weighted by atomic mass is 9.83. The number of hydrogen-bond donors (Lipinski definition) is 0. The minimum atomic E-state index is -0.413. The monoisotopic (exact) mass is 550 g/mol. The Morgan fingerprint density at radius 1 is 0.425 bits per heavy atom. The van der Waals surface area contributed by atoms with Crippen molar-refractivity contribution in [1.82, 2.24) is 0 Å². The van der Waals surface area contributed by atoms with Crippen LogP contribution < -0.4 is 0 Å². The van der Waals surface area contributed by atoms with E-state index in [9.17, 15) is 0 Å². The first-order chi connectivity index (χ1) is 19.7. The molecule has 0 bridgehead atoms. The molecule has 0 N–H and O–H groups in total. The Kier molecular flexibility index (Phi) is 8.09. The Morgan fingerprint density at radius 2 is 0.950 bits per heavy atom. The molecule has 0 heterocycles. The van der Waals surface area contributed by atoms with Crippen LogP contribution in [-0.4, -0.2) is 0 Å². The van der Waals surface area contributed by atoms with E-state index >= 15 is 0 Å². The summed E-state index contributed by atoms with van der Waals surface area (Å²) in [6.45, 7) is 0. The predicted molar refractivity (Wildman–Crippen MR) is 173 cm³/mol. The van der Waals surface area contributed by atoms with Crippen LogP contribution in [0.2, 0.25) is 0 Å². The van der Waals surface area contributed by atoms with Crippen LogP contribution in [-0.2, 0) is 27.1 Å². The lowest BCUT2D eigenvalue weighted by molar-refractivity contribution is 0.964. The van der Waals surface area contributed by atoms with Crippen molar-refractivity contribution in [2.45, 2.75) is 22.1 Å². The largest absolute Gasteiger partial charge is 0.0622 e. The quantitative estimate of drug-likeness (QED) is 0.170. The smallest absolute Gasteiger partial charge is 0.0340 e. The first-order valence-electron chi connectivity index (χ1n) is 13.6. The van der Waals surface area contributed by atoms with Gasteiger partial charge >= 0.3 is 0 Å². The molecule has 0 spiro atoms. The maximum atomic E-state index is 6.04. The molecular weight excluding hydrogens is 521 g/mol. The van der Waals surface area contributed by atoms with Crippen molar-refractivity contribution in [3.8, 4) is 11.1 Å². The molecule has 0 radical (unpaired) electrons. The van der Waals surface area contributed by atoms with Gasteiger partial charge in [0.1, 0.15) is 0 Å². The van der Waals surface area contributed by atoms with E-state index < -0.39 is 9.45 Å². The van der Waals surface area contributed by atoms with Crippen molar-refractivity contribution in [2.24, 2.45) is 0 Å². The molecule has 2 atom stereocenters. The van der Waals surface area contributed by atoms with Gasteiger partial charge in [0.05, 0.1) is 0 Å². The summed E-state index contributed by atoms with van der Waals surface area (Å²) in [4.78, 5) is 2.37. The Balaban J connectivity index is 1.41. The zero-order valence-corrected chi connectivity index (χ0v) is 23.8. The first-order valence-corrected chi connectivity index (χ1v) is 15.7. The molecule has 0 amide bonds. The minimum Gasteiger partial charge on any atom is -0.0622 e. The van der Waals surface area contributed by atoms with E-state index in [-0.39, 0.29) is 5.92 Å². The SMILES string of the molecule is S=S(c1ccccc1)c1cccc(C(c2ccc(-c3ccccc3)cc2)c2cccc(Cc3ccccc3)c2)c1. The normalized spacial score (nSPS) is 12.5. The first kappa shape index (κ1) is 26.1. The molecule has 0 saturated carbocycles. The molecule has 40 heavy (non-hydrogen) atoms. The standard InChI is InChI=1S/C38H30S2/c39-40(36-19-8-3-9-20-36)37-21-11-18-35(28-37)38(33-24-22-32(23-25-33)31-15-6-2-7-16-31)34-17-10-14-30(27-34)26-29-12-4-1-5-13-29/h1-25,27-28,38H,26H2. The molecule has 0 nitrogen and oxygen atoms in total. The second kappa shape index (κ2) is 12.4. The highest BCUT2D eigenvalue weighted by Gasteiger charge is 2.19. The summed E-state index contributed by atoms with van der Waals surface area (Å²) >= 11 is 6.04. The Labute approximate surface area is 244 Å². The third-order valence-electron chi connectivity index (χ3n) is 7.25. The lowest BCUT2D eigenvalue weighted by Gasteiger charge is -2.21. The van der Waals surface area contributed by atoms with E-state index in [0.29, 0.717) is 0 Å². The fourth-order valence-corrected chi connectivity index (χ4v) is 7.05. The molecule has 2 heteroatoms. The number of benzene rings is 6. The number of hydrogen-bond acceptors (Lipinski definition) is 1. The van der Waals surface area contributed by atoms with Gasteiger partial charge in [0.15, 0.2) is 0 Å². The van der Waals surface area contributed by atoms with Crippen LogP contribution in [0.15, 0.2) is 174 Å². The van der Waals surface area contributed by atoms with Gasteiger partial charge in [0, 0.05) is 15.7 Å². The van der Waals surface area contributed by atoms with Crippen molar-refractivity contribution in [1.29, 1.82) is 0 Å². The predicted octanol–water partition coefficient (Wildman–Crippen LogP) is 9.62. The molecule has 0 aromatic heterocycles. The van der Waals surface area contributed by atoms with Gasteiger partial charge in [-0.25, -0.2) is 0 Å². The molecule has 0 aliphatic heterocycles. The fourth-order valence-electron chi connectivity index (χ4n) is 5.28. The van der Waals surface area contributed by atoms with Crippen LogP contribution >= 0.6 is 0 Å². The van der Waals surface area contributed by atoms with E-state index in [2.05, 4.69) is 158 Å². The molecular formula is C38H30S2. The topological polar surface area (TPSA) is 0 Å². The Morgan fingerprint density at radius 3 is 1.65 bits per heavy atom. The minimum absolute atomic E-state index is 0.100. The van der Waals surface area contributed by atoms with Gasteiger partial charge in [-0.05, 0) is 80.8 Å². The van der Waals surface area contributed by atoms with Gasteiger partial charge in [0.2, 0.25) is 0 Å². The van der Waals surface area contributed by atoms with Crippen LogP contribution in [0, 0.1) is 0 Å². The molecule has 194 valence electrons. The average molecular weight is 551 g/mol. The van der Waals surface area contributed by atoms with Crippen molar-refractivity contribution in [2.75, 3.05) is 0 Å². The average Bonchev–Trinajstić information content (AvgIpc) is 3.03. The highest BCUT2D eigenvalue weighted by atomic mass is 32.8. The zero-order chi connectivity index (χ0) is 27.1. The van der Waals surface area contributed by atoms with Crippen LogP contribution in [0.4, 0.5) is 0 Å². The van der Waals surface area contributed by atoms with E-state index in [0.717, 1.165) is 6.42 Å². The maximum Gasteiger partial charge on any atom is 0.0340 e. The highest BCUT2D eigenvalue weighted by molar-refractivity contribution is 8.28. The van der Waals surface area contributed by atoms with Gasteiger partial charge in [-0.1, -0.05) is 149 Å². The highest BCUT2D eigenvalue weighted by Crippen LogP contribution is 2.35. The van der Waals surface area contributed by atoms with Crippen LogP contribution in [0.5, 0.6) is 0 Å². The third kappa shape index (κ3) is 6.04. The van der Waals surface area contributed by atoms with Gasteiger partial charge in [-0.15, -0.1) is 0 Å². The Bertz CT molecular complexity index is 1710. The molecule has 2 unspecified atom stereocenters. The summed E-state index contributed by atoms with van der Waals surface area (Å²) in [5.41, 5.74) is 8.93. The summed E-state index contributed by atoms with van der Waals surface area (Å²) in [6, 6.07) is 58.8. The second-order valence-corrected chi connectivity index (χ2v) is 12.5. The summed E-state index contributed by atoms with van der Waals surface area (Å²) in [5, 5.41) is 0. The van der Waals surface area contributed by atoms with Crippen molar-refractivity contribution < 1.29 is 0 Å². The van der Waals surface area contributed by atoms with Gasteiger partial charge in [0.25, 0.3) is 0 Å². The summed E-state index contributed by atoms with van der Waals surface area (Å²) in [5.74, 6) is 0.100. The Hall–Kier alpha value is -4.11. The van der Waals surface area contributed by atoms with E-state index in [1.54, 1.807) is 0 Å². The number of rotatable bonds is 8. The molecule has 0 fully saturated rings. The van der Waals surface area contributed by atoms with Crippen molar-refractivity contribution >= 4 is 20.6 Å². The van der Waals surface area contributed by atoms with E-state index in [1.807, 2.05) is 6.07 Å². The third-order valence-corrected chi connectivity index (χ3v) is 9.79. The second-order valence-electron chi connectivity index (χ2n) is 9.98. The van der Waals surface area contributed by atoms with Crippen molar-refractivity contribution in [3.05, 3.63) is 192 Å². The van der Waals surface area contributed by atoms with E-state index in [4.69, 9.17) is 11.2 Å². The lowest BCUT2D eigenvalue weighted by Crippen LogP contribution is -2.05.